The predicted molar refractivity (Wildman–Crippen MR) is 178 cm³/mol. The fraction of sp³-hybridized carbons (Fsp3) is 1.00. The third-order valence-electron chi connectivity index (χ3n) is 6.33. The van der Waals surface area contributed by atoms with Gasteiger partial charge in [0, 0.05) is 13.2 Å². The van der Waals surface area contributed by atoms with E-state index in [0.29, 0.717) is 145 Å². The van der Waals surface area contributed by atoms with E-state index in [-0.39, 0.29) is 0 Å². The number of hydrogen-bond donors (Lipinski definition) is 0. The lowest BCUT2D eigenvalue weighted by Gasteiger charge is -2.09. The van der Waals surface area contributed by atoms with Crippen molar-refractivity contribution in [2.75, 3.05) is 159 Å². The summed E-state index contributed by atoms with van der Waals surface area (Å²) in [6.07, 6.45) is 10.1. The number of ether oxygens (including phenoxy) is 12. The van der Waals surface area contributed by atoms with Crippen LogP contribution < -0.4 is 0 Å². The van der Waals surface area contributed by atoms with E-state index in [1.54, 1.807) is 0 Å². The molecule has 0 bridgehead atoms. The van der Waals surface area contributed by atoms with Gasteiger partial charge in [-0.05, 0) is 12.8 Å². The average molecular weight is 671 g/mol. The molecule has 0 aromatic rings. The summed E-state index contributed by atoms with van der Waals surface area (Å²) >= 11 is 0. The third kappa shape index (κ3) is 43.5. The number of unbranched alkanes of at least 4 members (excludes halogenated alkanes) is 6. The van der Waals surface area contributed by atoms with Gasteiger partial charge in [-0.25, -0.2) is 0 Å². The van der Waals surface area contributed by atoms with Gasteiger partial charge < -0.3 is 56.8 Å². The minimum atomic E-state index is 0.522. The topological polar surface area (TPSA) is 111 Å². The fourth-order valence-electron chi connectivity index (χ4n) is 3.83. The highest BCUT2D eigenvalue weighted by Gasteiger charge is 1.97. The lowest BCUT2D eigenvalue weighted by atomic mass is 10.1. The van der Waals surface area contributed by atoms with Crippen LogP contribution in [-0.4, -0.2) is 159 Å². The van der Waals surface area contributed by atoms with Crippen molar-refractivity contribution in [3.05, 3.63) is 0 Å². The van der Waals surface area contributed by atoms with Crippen LogP contribution in [0.5, 0.6) is 0 Å². The lowest BCUT2D eigenvalue weighted by molar-refractivity contribution is -0.0283. The van der Waals surface area contributed by atoms with Gasteiger partial charge in [0.15, 0.2) is 0 Å². The Morgan fingerprint density at radius 1 is 0.174 bits per heavy atom. The molecule has 12 nitrogen and oxygen atoms in total. The smallest absolute Gasteiger partial charge is 0.0701 e. The molecule has 0 aromatic heterocycles. The molecule has 0 saturated heterocycles. The first-order valence-electron chi connectivity index (χ1n) is 17.8. The molecule has 0 radical (unpaired) electrons. The van der Waals surface area contributed by atoms with Crippen LogP contribution in [0.2, 0.25) is 0 Å². The van der Waals surface area contributed by atoms with Gasteiger partial charge in [0.25, 0.3) is 0 Å². The third-order valence-corrected chi connectivity index (χ3v) is 6.33. The van der Waals surface area contributed by atoms with Gasteiger partial charge in [-0.1, -0.05) is 52.4 Å². The van der Waals surface area contributed by atoms with Crippen LogP contribution in [0.15, 0.2) is 0 Å². The minimum Gasteiger partial charge on any atom is -0.379 e. The number of rotatable bonds is 43. The minimum absolute atomic E-state index is 0.522. The van der Waals surface area contributed by atoms with Crippen LogP contribution >= 0.6 is 0 Å². The van der Waals surface area contributed by atoms with E-state index in [1.807, 2.05) is 0 Å². The molecule has 0 unspecified atom stereocenters. The highest BCUT2D eigenvalue weighted by molar-refractivity contribution is 4.45. The summed E-state index contributed by atoms with van der Waals surface area (Å²) in [5.41, 5.74) is 0. The molecule has 12 heteroatoms. The van der Waals surface area contributed by atoms with Gasteiger partial charge >= 0.3 is 0 Å². The quantitative estimate of drug-likeness (QED) is 0.0861. The molecule has 0 rings (SSSR count). The average Bonchev–Trinajstić information content (AvgIpc) is 3.07. The highest BCUT2D eigenvalue weighted by Crippen LogP contribution is 2.06. The Morgan fingerprint density at radius 3 is 0.609 bits per heavy atom. The maximum Gasteiger partial charge on any atom is 0.0701 e. The van der Waals surface area contributed by atoms with E-state index < -0.39 is 0 Å². The Balaban J connectivity index is 3.03. The van der Waals surface area contributed by atoms with Crippen LogP contribution in [0.1, 0.15) is 65.2 Å². The summed E-state index contributed by atoms with van der Waals surface area (Å²) in [5, 5.41) is 0. The number of hydrogen-bond acceptors (Lipinski definition) is 12. The lowest BCUT2D eigenvalue weighted by Crippen LogP contribution is -2.15. The molecule has 0 amide bonds. The molecule has 0 heterocycles. The molecular weight excluding hydrogens is 600 g/mol. The van der Waals surface area contributed by atoms with Gasteiger partial charge in [-0.2, -0.15) is 0 Å². The standard InChI is InChI=1S/C34H70O12/c1-3-5-6-7-8-9-10-12-36-14-16-38-18-20-40-22-24-42-26-28-44-30-32-46-34-33-45-31-29-43-27-25-41-23-21-39-19-17-37-15-13-35-11-4-2/h3-34H2,1-2H3. The monoisotopic (exact) mass is 670 g/mol. The normalized spacial score (nSPS) is 11.6. The summed E-state index contributed by atoms with van der Waals surface area (Å²) < 4.78 is 65.7. The van der Waals surface area contributed by atoms with Crippen LogP contribution in [0, 0.1) is 0 Å². The molecule has 0 aromatic carbocycles. The van der Waals surface area contributed by atoms with E-state index in [1.165, 1.54) is 38.5 Å². The van der Waals surface area contributed by atoms with Gasteiger partial charge in [-0.15, -0.1) is 0 Å². The largest absolute Gasteiger partial charge is 0.379 e. The molecule has 0 atom stereocenters. The first-order valence-corrected chi connectivity index (χ1v) is 17.8. The van der Waals surface area contributed by atoms with E-state index in [2.05, 4.69) is 13.8 Å². The van der Waals surface area contributed by atoms with Crippen molar-refractivity contribution in [3.63, 3.8) is 0 Å². The van der Waals surface area contributed by atoms with Crippen LogP contribution in [0.3, 0.4) is 0 Å². The van der Waals surface area contributed by atoms with E-state index in [0.717, 1.165) is 26.1 Å². The second-order valence-electron chi connectivity index (χ2n) is 10.5. The van der Waals surface area contributed by atoms with Gasteiger partial charge in [-0.3, -0.25) is 0 Å². The zero-order valence-corrected chi connectivity index (χ0v) is 29.5. The van der Waals surface area contributed by atoms with Gasteiger partial charge in [0.1, 0.15) is 0 Å². The molecule has 46 heavy (non-hydrogen) atoms. The van der Waals surface area contributed by atoms with Crippen molar-refractivity contribution in [1.29, 1.82) is 0 Å². The molecule has 0 saturated carbocycles. The van der Waals surface area contributed by atoms with E-state index in [9.17, 15) is 0 Å². The second-order valence-corrected chi connectivity index (χ2v) is 10.5. The second kappa shape index (κ2) is 44.5. The fourth-order valence-corrected chi connectivity index (χ4v) is 3.83. The van der Waals surface area contributed by atoms with Crippen molar-refractivity contribution in [1.82, 2.24) is 0 Å². The SMILES string of the molecule is CCCCCCCCCOCCOCCOCCOCCOCCOCCOCCOCCOCCOCCOCCOCCC. The molecule has 0 N–H and O–H groups in total. The van der Waals surface area contributed by atoms with Crippen LogP contribution in [-0.2, 0) is 56.8 Å². The van der Waals surface area contributed by atoms with Gasteiger partial charge in [0.2, 0.25) is 0 Å². The zero-order valence-electron chi connectivity index (χ0n) is 29.5. The predicted octanol–water partition coefficient (Wildman–Crippen LogP) is 4.35. The van der Waals surface area contributed by atoms with Crippen molar-refractivity contribution in [2.45, 2.75) is 65.2 Å². The summed E-state index contributed by atoms with van der Waals surface area (Å²) in [6, 6.07) is 0. The maximum atomic E-state index is 5.61. The Labute approximate surface area is 280 Å². The maximum absolute atomic E-state index is 5.61. The van der Waals surface area contributed by atoms with Crippen LogP contribution in [0.25, 0.3) is 0 Å². The van der Waals surface area contributed by atoms with Crippen molar-refractivity contribution in [2.24, 2.45) is 0 Å². The summed E-state index contributed by atoms with van der Waals surface area (Å²) in [6.45, 7) is 18.1. The first-order chi connectivity index (χ1) is 22.9. The van der Waals surface area contributed by atoms with Gasteiger partial charge in [0.05, 0.1) is 145 Å². The molecule has 0 aliphatic rings. The summed E-state index contributed by atoms with van der Waals surface area (Å²) in [4.78, 5) is 0. The first kappa shape index (κ1) is 45.5. The zero-order chi connectivity index (χ0) is 33.1. The summed E-state index contributed by atoms with van der Waals surface area (Å²) in [7, 11) is 0. The van der Waals surface area contributed by atoms with Crippen LogP contribution in [0.4, 0.5) is 0 Å². The van der Waals surface area contributed by atoms with Crippen molar-refractivity contribution < 1.29 is 56.8 Å². The molecular formula is C34H70O12. The Morgan fingerprint density at radius 2 is 0.370 bits per heavy atom. The molecule has 0 fully saturated rings. The van der Waals surface area contributed by atoms with Crippen molar-refractivity contribution >= 4 is 0 Å². The molecule has 0 aliphatic carbocycles. The summed E-state index contributed by atoms with van der Waals surface area (Å²) in [5.74, 6) is 0. The molecule has 0 spiro atoms. The Bertz CT molecular complexity index is 475. The van der Waals surface area contributed by atoms with Crippen molar-refractivity contribution in [3.8, 4) is 0 Å². The van der Waals surface area contributed by atoms with E-state index >= 15 is 0 Å². The van der Waals surface area contributed by atoms with E-state index in [4.69, 9.17) is 56.8 Å². The highest BCUT2D eigenvalue weighted by atomic mass is 16.6. The Hall–Kier alpha value is -0.480. The molecule has 0 aliphatic heterocycles. The Kier molecular flexibility index (Phi) is 44.1. The molecule has 278 valence electrons.